The van der Waals surface area contributed by atoms with E-state index in [2.05, 4.69) is 6.92 Å². The van der Waals surface area contributed by atoms with E-state index >= 15 is 0 Å². The highest BCUT2D eigenvalue weighted by molar-refractivity contribution is 4.84. The Morgan fingerprint density at radius 2 is 2.25 bits per heavy atom. The van der Waals surface area contributed by atoms with E-state index in [4.69, 9.17) is 9.47 Å². The van der Waals surface area contributed by atoms with Gasteiger partial charge in [0.2, 0.25) is 0 Å². The van der Waals surface area contributed by atoms with Crippen LogP contribution >= 0.6 is 0 Å². The minimum Gasteiger partial charge on any atom is -0.378 e. The average molecular weight is 170 g/mol. The van der Waals surface area contributed by atoms with Gasteiger partial charge in [-0.3, -0.25) is 0 Å². The van der Waals surface area contributed by atoms with Crippen molar-refractivity contribution in [2.24, 2.45) is 0 Å². The first-order valence-corrected chi connectivity index (χ1v) is 5.04. The Morgan fingerprint density at radius 3 is 2.83 bits per heavy atom. The van der Waals surface area contributed by atoms with E-state index in [1.54, 1.807) is 0 Å². The molecule has 0 amide bonds. The van der Waals surface area contributed by atoms with Crippen LogP contribution in [-0.4, -0.2) is 24.9 Å². The molecule has 12 heavy (non-hydrogen) atoms. The summed E-state index contributed by atoms with van der Waals surface area (Å²) in [5, 5.41) is 0. The lowest BCUT2D eigenvalue weighted by Crippen LogP contribution is -2.28. The summed E-state index contributed by atoms with van der Waals surface area (Å²) in [6.07, 6.45) is 6.50. The zero-order valence-corrected chi connectivity index (χ0v) is 7.84. The molecule has 2 unspecified atom stereocenters. The minimum atomic E-state index is 0.134. The third kappa shape index (κ3) is 1.80. The highest BCUT2D eigenvalue weighted by Crippen LogP contribution is 2.32. The van der Waals surface area contributed by atoms with Gasteiger partial charge in [0.1, 0.15) is 0 Å². The number of ether oxygens (including phenoxy) is 2. The number of hydrogen-bond donors (Lipinski definition) is 0. The lowest BCUT2D eigenvalue weighted by Gasteiger charge is -2.25. The number of rotatable bonds is 2. The van der Waals surface area contributed by atoms with E-state index in [0.717, 1.165) is 19.6 Å². The molecule has 2 aliphatic rings. The molecule has 2 atom stereocenters. The summed E-state index contributed by atoms with van der Waals surface area (Å²) in [6.45, 7) is 4.13. The molecule has 0 aliphatic carbocycles. The Balaban J connectivity index is 1.83. The van der Waals surface area contributed by atoms with Crippen LogP contribution in [0.3, 0.4) is 0 Å². The summed E-state index contributed by atoms with van der Waals surface area (Å²) in [4.78, 5) is 0. The lowest BCUT2D eigenvalue weighted by molar-refractivity contribution is -0.0272. The Hall–Kier alpha value is -0.0800. The van der Waals surface area contributed by atoms with Crippen molar-refractivity contribution in [3.63, 3.8) is 0 Å². The fourth-order valence-corrected chi connectivity index (χ4v) is 2.28. The summed E-state index contributed by atoms with van der Waals surface area (Å²) in [6, 6.07) is 0. The second-order valence-electron chi connectivity index (χ2n) is 4.24. The van der Waals surface area contributed by atoms with E-state index in [9.17, 15) is 0 Å². The first-order valence-electron chi connectivity index (χ1n) is 5.04. The predicted octanol–water partition coefficient (Wildman–Crippen LogP) is 2.12. The van der Waals surface area contributed by atoms with Crippen molar-refractivity contribution in [3.05, 3.63) is 0 Å². The van der Waals surface area contributed by atoms with Crippen molar-refractivity contribution in [2.75, 3.05) is 13.2 Å². The molecule has 0 radical (unpaired) electrons. The molecule has 2 saturated heterocycles. The molecule has 0 aromatic heterocycles. The summed E-state index contributed by atoms with van der Waals surface area (Å²) in [7, 11) is 0. The maximum atomic E-state index is 5.72. The molecule has 2 nitrogen and oxygen atoms in total. The van der Waals surface area contributed by atoms with Crippen LogP contribution in [-0.2, 0) is 9.47 Å². The SMILES string of the molecule is CC1(CC2CCCO2)CCCO1. The van der Waals surface area contributed by atoms with Gasteiger partial charge in [-0.25, -0.2) is 0 Å². The topological polar surface area (TPSA) is 18.5 Å². The van der Waals surface area contributed by atoms with Gasteiger partial charge in [-0.2, -0.15) is 0 Å². The Labute approximate surface area is 74.2 Å². The quantitative estimate of drug-likeness (QED) is 0.632. The van der Waals surface area contributed by atoms with E-state index < -0.39 is 0 Å². The molecule has 0 saturated carbocycles. The van der Waals surface area contributed by atoms with Gasteiger partial charge in [0.25, 0.3) is 0 Å². The summed E-state index contributed by atoms with van der Waals surface area (Å²) in [5.74, 6) is 0. The molecule has 0 bridgehead atoms. The molecule has 70 valence electrons. The minimum absolute atomic E-state index is 0.134. The van der Waals surface area contributed by atoms with Crippen LogP contribution in [0.2, 0.25) is 0 Å². The van der Waals surface area contributed by atoms with Crippen molar-refractivity contribution in [3.8, 4) is 0 Å². The molecule has 0 N–H and O–H groups in total. The van der Waals surface area contributed by atoms with Crippen LogP contribution in [0, 0.1) is 0 Å². The van der Waals surface area contributed by atoms with Crippen LogP contribution in [0.1, 0.15) is 39.0 Å². The molecule has 2 heteroatoms. The van der Waals surface area contributed by atoms with Gasteiger partial charge in [0, 0.05) is 19.6 Å². The van der Waals surface area contributed by atoms with Crippen LogP contribution in [0.25, 0.3) is 0 Å². The second-order valence-corrected chi connectivity index (χ2v) is 4.24. The standard InChI is InChI=1S/C10H18O2/c1-10(5-3-7-12-10)8-9-4-2-6-11-9/h9H,2-8H2,1H3. The van der Waals surface area contributed by atoms with E-state index in [-0.39, 0.29) is 5.60 Å². The van der Waals surface area contributed by atoms with Crippen LogP contribution in [0.15, 0.2) is 0 Å². The van der Waals surface area contributed by atoms with Gasteiger partial charge in [-0.15, -0.1) is 0 Å². The Morgan fingerprint density at radius 1 is 1.33 bits per heavy atom. The van der Waals surface area contributed by atoms with Gasteiger partial charge >= 0.3 is 0 Å². The summed E-state index contributed by atoms with van der Waals surface area (Å²) >= 11 is 0. The maximum absolute atomic E-state index is 5.72. The zero-order chi connectivity index (χ0) is 8.44. The Bertz CT molecular complexity index is 144. The first-order chi connectivity index (χ1) is 5.79. The zero-order valence-electron chi connectivity index (χ0n) is 7.84. The fraction of sp³-hybridized carbons (Fsp3) is 1.00. The Kier molecular flexibility index (Phi) is 2.37. The van der Waals surface area contributed by atoms with Crippen LogP contribution in [0.4, 0.5) is 0 Å². The molecule has 0 aromatic carbocycles. The predicted molar refractivity (Wildman–Crippen MR) is 47.2 cm³/mol. The summed E-state index contributed by atoms with van der Waals surface area (Å²) < 4.78 is 11.3. The average Bonchev–Trinajstić information content (AvgIpc) is 2.62. The third-order valence-electron chi connectivity index (χ3n) is 2.98. The van der Waals surface area contributed by atoms with E-state index in [1.165, 1.54) is 25.7 Å². The van der Waals surface area contributed by atoms with Crippen LogP contribution < -0.4 is 0 Å². The van der Waals surface area contributed by atoms with E-state index in [1.807, 2.05) is 0 Å². The second kappa shape index (κ2) is 3.35. The normalized spacial score (nSPS) is 42.2. The largest absolute Gasteiger partial charge is 0.378 e. The molecule has 2 aliphatic heterocycles. The highest BCUT2D eigenvalue weighted by atomic mass is 16.5. The lowest BCUT2D eigenvalue weighted by atomic mass is 9.94. The third-order valence-corrected chi connectivity index (χ3v) is 2.98. The number of hydrogen-bond acceptors (Lipinski definition) is 2. The van der Waals surface area contributed by atoms with Crippen LogP contribution in [0.5, 0.6) is 0 Å². The van der Waals surface area contributed by atoms with Crippen molar-refractivity contribution < 1.29 is 9.47 Å². The monoisotopic (exact) mass is 170 g/mol. The smallest absolute Gasteiger partial charge is 0.0680 e. The summed E-state index contributed by atoms with van der Waals surface area (Å²) in [5.41, 5.74) is 0.134. The van der Waals surface area contributed by atoms with Crippen molar-refractivity contribution in [1.29, 1.82) is 0 Å². The molecule has 2 rings (SSSR count). The van der Waals surface area contributed by atoms with Gasteiger partial charge in [-0.1, -0.05) is 0 Å². The van der Waals surface area contributed by atoms with Gasteiger partial charge in [0.15, 0.2) is 0 Å². The fourth-order valence-electron chi connectivity index (χ4n) is 2.28. The maximum Gasteiger partial charge on any atom is 0.0680 e. The molecule has 0 aromatic rings. The molecular formula is C10H18O2. The highest BCUT2D eigenvalue weighted by Gasteiger charge is 2.33. The molecule has 2 fully saturated rings. The molecule has 0 spiro atoms. The van der Waals surface area contributed by atoms with Crippen molar-refractivity contribution in [2.45, 2.75) is 50.7 Å². The van der Waals surface area contributed by atoms with E-state index in [0.29, 0.717) is 6.10 Å². The van der Waals surface area contributed by atoms with Crippen molar-refractivity contribution >= 4 is 0 Å². The molecule has 2 heterocycles. The first kappa shape index (κ1) is 8.52. The van der Waals surface area contributed by atoms with Gasteiger partial charge < -0.3 is 9.47 Å². The molecular weight excluding hydrogens is 152 g/mol. The van der Waals surface area contributed by atoms with Gasteiger partial charge in [-0.05, 0) is 32.6 Å². The van der Waals surface area contributed by atoms with Crippen molar-refractivity contribution in [1.82, 2.24) is 0 Å². The van der Waals surface area contributed by atoms with Gasteiger partial charge in [0.05, 0.1) is 11.7 Å².